The van der Waals surface area contributed by atoms with Crippen LogP contribution in [0.1, 0.15) is 16.7 Å². The van der Waals surface area contributed by atoms with Gasteiger partial charge in [0.2, 0.25) is 0 Å². The number of hydrogen-bond acceptors (Lipinski definition) is 5. The standard InChI is InChI=1S/C14H25N3O3S2.HI/c1-4-12-5-6-13(21-12)11-17-14(15-2)16-7-8-20-9-10-22(3,18)19;/h5-6H,4,7-11H2,1-3H3,(H2,15,16,17);1H. The number of aliphatic imine (C=N–C) groups is 1. The number of ether oxygens (including phenoxy) is 1. The van der Waals surface area contributed by atoms with Gasteiger partial charge in [-0.2, -0.15) is 0 Å². The van der Waals surface area contributed by atoms with Crippen LogP contribution < -0.4 is 10.6 Å². The molecule has 0 saturated heterocycles. The maximum atomic E-state index is 10.9. The van der Waals surface area contributed by atoms with Crippen LogP contribution in [0.2, 0.25) is 0 Å². The lowest BCUT2D eigenvalue weighted by atomic mass is 10.4. The fourth-order valence-electron chi connectivity index (χ4n) is 1.65. The van der Waals surface area contributed by atoms with Crippen molar-refractivity contribution in [2.75, 3.05) is 38.8 Å². The van der Waals surface area contributed by atoms with E-state index in [1.807, 2.05) is 0 Å². The molecule has 1 rings (SSSR count). The van der Waals surface area contributed by atoms with Crippen LogP contribution >= 0.6 is 35.3 Å². The molecule has 0 aliphatic heterocycles. The highest BCUT2D eigenvalue weighted by atomic mass is 127. The molecule has 0 radical (unpaired) electrons. The van der Waals surface area contributed by atoms with Crippen molar-refractivity contribution in [3.05, 3.63) is 21.9 Å². The zero-order valence-corrected chi connectivity index (χ0v) is 17.8. The monoisotopic (exact) mass is 475 g/mol. The van der Waals surface area contributed by atoms with E-state index in [9.17, 15) is 8.42 Å². The van der Waals surface area contributed by atoms with Crippen molar-refractivity contribution in [2.45, 2.75) is 19.9 Å². The molecule has 1 heterocycles. The van der Waals surface area contributed by atoms with Gasteiger partial charge in [-0.1, -0.05) is 6.92 Å². The van der Waals surface area contributed by atoms with Gasteiger partial charge in [0.1, 0.15) is 9.84 Å². The number of halogens is 1. The Hall–Kier alpha value is -0.390. The first-order valence-corrected chi connectivity index (χ1v) is 10.1. The molecule has 0 unspecified atom stereocenters. The van der Waals surface area contributed by atoms with E-state index in [-0.39, 0.29) is 36.3 Å². The number of guanidine groups is 1. The van der Waals surface area contributed by atoms with E-state index in [1.54, 1.807) is 18.4 Å². The molecule has 6 nitrogen and oxygen atoms in total. The molecular formula is C14H26IN3O3S2. The summed E-state index contributed by atoms with van der Waals surface area (Å²) in [5.41, 5.74) is 0. The molecule has 1 aromatic rings. The summed E-state index contributed by atoms with van der Waals surface area (Å²) in [7, 11) is -1.24. The van der Waals surface area contributed by atoms with Crippen molar-refractivity contribution in [3.63, 3.8) is 0 Å². The summed E-state index contributed by atoms with van der Waals surface area (Å²) in [6.07, 6.45) is 2.26. The second-order valence-electron chi connectivity index (χ2n) is 4.82. The molecular weight excluding hydrogens is 449 g/mol. The largest absolute Gasteiger partial charge is 0.379 e. The lowest BCUT2D eigenvalue weighted by Crippen LogP contribution is -2.38. The van der Waals surface area contributed by atoms with E-state index in [2.05, 4.69) is 34.7 Å². The van der Waals surface area contributed by atoms with Crippen molar-refractivity contribution < 1.29 is 13.2 Å². The van der Waals surface area contributed by atoms with E-state index in [4.69, 9.17) is 4.74 Å². The number of aryl methyl sites for hydroxylation is 1. The highest BCUT2D eigenvalue weighted by Gasteiger charge is 2.03. The maximum Gasteiger partial charge on any atom is 0.191 e. The van der Waals surface area contributed by atoms with Gasteiger partial charge in [-0.25, -0.2) is 8.42 Å². The summed E-state index contributed by atoms with van der Waals surface area (Å²) in [6.45, 7) is 4.12. The summed E-state index contributed by atoms with van der Waals surface area (Å²) in [6, 6.07) is 4.27. The van der Waals surface area contributed by atoms with Crippen molar-refractivity contribution >= 4 is 51.1 Å². The van der Waals surface area contributed by atoms with Crippen LogP contribution in [0.15, 0.2) is 17.1 Å². The fraction of sp³-hybridized carbons (Fsp3) is 0.643. The Morgan fingerprint density at radius 3 is 2.52 bits per heavy atom. The third-order valence-electron chi connectivity index (χ3n) is 2.86. The zero-order chi connectivity index (χ0) is 16.4. The molecule has 1 aromatic heterocycles. The summed E-state index contributed by atoms with van der Waals surface area (Å²) < 4.78 is 27.1. The fourth-order valence-corrected chi connectivity index (χ4v) is 2.97. The summed E-state index contributed by atoms with van der Waals surface area (Å²) in [4.78, 5) is 6.78. The van der Waals surface area contributed by atoms with Gasteiger partial charge in [-0.3, -0.25) is 4.99 Å². The van der Waals surface area contributed by atoms with E-state index in [0.29, 0.717) is 19.1 Å². The first-order valence-electron chi connectivity index (χ1n) is 7.22. The zero-order valence-electron chi connectivity index (χ0n) is 13.8. The van der Waals surface area contributed by atoms with Gasteiger partial charge < -0.3 is 15.4 Å². The Bertz CT molecular complexity index is 574. The predicted octanol–water partition coefficient (Wildman–Crippen LogP) is 1.65. The molecule has 134 valence electrons. The van der Waals surface area contributed by atoms with Crippen LogP contribution in [0, 0.1) is 0 Å². The second-order valence-corrected chi connectivity index (χ2v) is 8.33. The quantitative estimate of drug-likeness (QED) is 0.246. The Morgan fingerprint density at radius 1 is 1.26 bits per heavy atom. The Morgan fingerprint density at radius 2 is 1.96 bits per heavy atom. The first kappa shape index (κ1) is 22.6. The Balaban J connectivity index is 0.00000484. The molecule has 2 N–H and O–H groups in total. The lowest BCUT2D eigenvalue weighted by molar-refractivity contribution is 0.154. The van der Waals surface area contributed by atoms with Gasteiger partial charge in [0, 0.05) is 29.6 Å². The molecule has 0 spiro atoms. The average Bonchev–Trinajstić information content (AvgIpc) is 2.92. The summed E-state index contributed by atoms with van der Waals surface area (Å²) in [5.74, 6) is 0.760. The first-order chi connectivity index (χ1) is 10.4. The minimum absolute atomic E-state index is 0. The highest BCUT2D eigenvalue weighted by Crippen LogP contribution is 2.16. The number of nitrogens with zero attached hydrogens (tertiary/aromatic N) is 1. The smallest absolute Gasteiger partial charge is 0.191 e. The maximum absolute atomic E-state index is 10.9. The van der Waals surface area contributed by atoms with Crippen molar-refractivity contribution in [3.8, 4) is 0 Å². The van der Waals surface area contributed by atoms with Crippen LogP contribution in [0.3, 0.4) is 0 Å². The third-order valence-corrected chi connectivity index (χ3v) is 4.99. The summed E-state index contributed by atoms with van der Waals surface area (Å²) >= 11 is 1.80. The van der Waals surface area contributed by atoms with Crippen LogP contribution in [0.5, 0.6) is 0 Å². The predicted molar refractivity (Wildman–Crippen MR) is 108 cm³/mol. The number of hydrogen-bond donors (Lipinski definition) is 2. The number of sulfone groups is 1. The number of rotatable bonds is 9. The molecule has 0 amide bonds. The molecule has 0 bridgehead atoms. The van der Waals surface area contributed by atoms with Crippen molar-refractivity contribution in [1.82, 2.24) is 10.6 Å². The Labute approximate surface area is 160 Å². The highest BCUT2D eigenvalue weighted by molar-refractivity contribution is 14.0. The average molecular weight is 475 g/mol. The molecule has 0 aromatic carbocycles. The minimum atomic E-state index is -2.95. The molecule has 0 fully saturated rings. The van der Waals surface area contributed by atoms with Gasteiger partial charge >= 0.3 is 0 Å². The van der Waals surface area contributed by atoms with E-state index >= 15 is 0 Å². The molecule has 9 heteroatoms. The van der Waals surface area contributed by atoms with Crippen LogP contribution in [-0.4, -0.2) is 53.2 Å². The SMILES string of the molecule is CCc1ccc(CNC(=NC)NCCOCCS(C)(=O)=O)s1.I. The second kappa shape index (κ2) is 12.0. The van der Waals surface area contributed by atoms with E-state index in [1.165, 1.54) is 16.0 Å². The third kappa shape index (κ3) is 10.9. The van der Waals surface area contributed by atoms with Crippen LogP contribution in [0.4, 0.5) is 0 Å². The van der Waals surface area contributed by atoms with Crippen LogP contribution in [-0.2, 0) is 27.5 Å². The van der Waals surface area contributed by atoms with Crippen molar-refractivity contribution in [2.24, 2.45) is 4.99 Å². The summed E-state index contributed by atoms with van der Waals surface area (Å²) in [5, 5.41) is 6.36. The minimum Gasteiger partial charge on any atom is -0.379 e. The van der Waals surface area contributed by atoms with Gasteiger partial charge in [-0.15, -0.1) is 35.3 Å². The lowest BCUT2D eigenvalue weighted by Gasteiger charge is -2.11. The van der Waals surface area contributed by atoms with Gasteiger partial charge in [0.15, 0.2) is 5.96 Å². The number of nitrogens with one attached hydrogen (secondary N) is 2. The molecule has 0 aliphatic rings. The van der Waals surface area contributed by atoms with Gasteiger partial charge in [0.05, 0.1) is 25.5 Å². The van der Waals surface area contributed by atoms with Crippen LogP contribution in [0.25, 0.3) is 0 Å². The molecule has 0 saturated carbocycles. The van der Waals surface area contributed by atoms with Crippen molar-refractivity contribution in [1.29, 1.82) is 0 Å². The van der Waals surface area contributed by atoms with Gasteiger partial charge in [-0.05, 0) is 18.6 Å². The molecule has 0 aliphatic carbocycles. The topological polar surface area (TPSA) is 79.8 Å². The molecule has 0 atom stereocenters. The van der Waals surface area contributed by atoms with E-state index < -0.39 is 9.84 Å². The van der Waals surface area contributed by atoms with Gasteiger partial charge in [0.25, 0.3) is 0 Å². The number of thiophene rings is 1. The normalized spacial score (nSPS) is 11.9. The molecule has 23 heavy (non-hydrogen) atoms. The Kier molecular flexibility index (Phi) is 11.8. The van der Waals surface area contributed by atoms with E-state index in [0.717, 1.165) is 13.0 Å².